The number of nitrogens with one attached hydrogen (secondary N) is 1. The quantitative estimate of drug-likeness (QED) is 0.646. The molecule has 1 aliphatic rings. The lowest BCUT2D eigenvalue weighted by atomic mass is 9.95. The first-order chi connectivity index (χ1) is 8.03. The third-order valence-corrected chi connectivity index (χ3v) is 3.63. The van der Waals surface area contributed by atoms with Crippen molar-refractivity contribution in [3.63, 3.8) is 0 Å². The maximum atomic E-state index is 11.2. The van der Waals surface area contributed by atoms with E-state index in [0.717, 1.165) is 25.6 Å². The second-order valence-electron chi connectivity index (χ2n) is 5.13. The average Bonchev–Trinajstić information content (AvgIpc) is 3.08. The van der Waals surface area contributed by atoms with Crippen LogP contribution in [0.25, 0.3) is 0 Å². The maximum Gasteiger partial charge on any atom is 0.323 e. The summed E-state index contributed by atoms with van der Waals surface area (Å²) in [5, 5.41) is 12.3. The summed E-state index contributed by atoms with van der Waals surface area (Å²) >= 11 is 0. The number of rotatable bonds is 9. The van der Waals surface area contributed by atoms with E-state index in [1.54, 1.807) is 6.92 Å². The predicted molar refractivity (Wildman–Crippen MR) is 69.2 cm³/mol. The van der Waals surface area contributed by atoms with Crippen LogP contribution in [0.3, 0.4) is 0 Å². The van der Waals surface area contributed by atoms with Crippen molar-refractivity contribution in [3.8, 4) is 0 Å². The molecule has 17 heavy (non-hydrogen) atoms. The highest BCUT2D eigenvalue weighted by atomic mass is 16.4. The zero-order chi connectivity index (χ0) is 12.9. The largest absolute Gasteiger partial charge is 0.480 e. The number of carboxylic acid groups (broad SMARTS) is 1. The fraction of sp³-hybridized carbons (Fsp3) is 0.923. The molecule has 1 saturated carbocycles. The van der Waals surface area contributed by atoms with Crippen LogP contribution in [0.2, 0.25) is 0 Å². The van der Waals surface area contributed by atoms with Gasteiger partial charge in [0.15, 0.2) is 0 Å². The first-order valence-corrected chi connectivity index (χ1v) is 6.76. The Bertz CT molecular complexity index is 254. The number of hydrogen-bond acceptors (Lipinski definition) is 3. The lowest BCUT2D eigenvalue weighted by Crippen LogP contribution is -2.49. The van der Waals surface area contributed by atoms with Gasteiger partial charge in [-0.1, -0.05) is 13.8 Å². The Morgan fingerprint density at radius 1 is 1.47 bits per heavy atom. The molecule has 0 aromatic carbocycles. The molecule has 0 aromatic heterocycles. The van der Waals surface area contributed by atoms with Crippen LogP contribution < -0.4 is 5.32 Å². The van der Waals surface area contributed by atoms with E-state index in [9.17, 15) is 9.90 Å². The Morgan fingerprint density at radius 3 is 2.53 bits per heavy atom. The average molecular weight is 242 g/mol. The van der Waals surface area contributed by atoms with Gasteiger partial charge in [0.2, 0.25) is 0 Å². The summed E-state index contributed by atoms with van der Waals surface area (Å²) in [7, 11) is 0. The molecule has 1 unspecified atom stereocenters. The highest BCUT2D eigenvalue weighted by Gasteiger charge is 2.32. The van der Waals surface area contributed by atoms with E-state index in [2.05, 4.69) is 17.1 Å². The number of likely N-dealkylation sites (N-methyl/N-ethyl adjacent to an activating group) is 1. The minimum absolute atomic E-state index is 0.694. The van der Waals surface area contributed by atoms with Crippen LogP contribution in [0.4, 0.5) is 0 Å². The summed E-state index contributed by atoms with van der Waals surface area (Å²) in [5.41, 5.74) is -0.766. The van der Waals surface area contributed by atoms with E-state index in [1.165, 1.54) is 12.8 Å². The summed E-state index contributed by atoms with van der Waals surface area (Å²) in [6.45, 7) is 8.71. The molecule has 0 spiro atoms. The van der Waals surface area contributed by atoms with Crippen molar-refractivity contribution >= 4 is 5.97 Å². The third kappa shape index (κ3) is 4.28. The summed E-state index contributed by atoms with van der Waals surface area (Å²) < 4.78 is 0. The van der Waals surface area contributed by atoms with Crippen molar-refractivity contribution in [3.05, 3.63) is 0 Å². The van der Waals surface area contributed by atoms with Gasteiger partial charge >= 0.3 is 5.97 Å². The summed E-state index contributed by atoms with van der Waals surface area (Å²) in [4.78, 5) is 13.7. The normalized spacial score (nSPS) is 19.3. The van der Waals surface area contributed by atoms with Gasteiger partial charge in [-0.25, -0.2) is 0 Å². The number of nitrogens with zero attached hydrogens (tertiary/aromatic N) is 1. The smallest absolute Gasteiger partial charge is 0.323 e. The van der Waals surface area contributed by atoms with Crippen molar-refractivity contribution in [1.82, 2.24) is 10.2 Å². The van der Waals surface area contributed by atoms with Crippen LogP contribution in [0, 0.1) is 0 Å². The molecule has 0 bridgehead atoms. The summed E-state index contributed by atoms with van der Waals surface area (Å²) in [6, 6.07) is 0.773. The van der Waals surface area contributed by atoms with Gasteiger partial charge < -0.3 is 15.3 Å². The first kappa shape index (κ1) is 14.5. The minimum Gasteiger partial charge on any atom is -0.480 e. The molecular weight excluding hydrogens is 216 g/mol. The molecule has 0 saturated heterocycles. The lowest BCUT2D eigenvalue weighted by molar-refractivity contribution is -0.144. The number of aliphatic carboxylic acids is 1. The van der Waals surface area contributed by atoms with Gasteiger partial charge in [-0.05, 0) is 52.2 Å². The molecule has 1 atom stereocenters. The molecule has 2 N–H and O–H groups in total. The fourth-order valence-corrected chi connectivity index (χ4v) is 2.34. The van der Waals surface area contributed by atoms with Crippen LogP contribution >= 0.6 is 0 Å². The number of hydrogen-bond donors (Lipinski definition) is 2. The van der Waals surface area contributed by atoms with Gasteiger partial charge in [-0.3, -0.25) is 4.79 Å². The molecule has 4 nitrogen and oxygen atoms in total. The van der Waals surface area contributed by atoms with E-state index < -0.39 is 11.5 Å². The van der Waals surface area contributed by atoms with Gasteiger partial charge in [0, 0.05) is 6.04 Å². The van der Waals surface area contributed by atoms with Gasteiger partial charge in [-0.15, -0.1) is 0 Å². The standard InChI is InChI=1S/C13H26N2O2/c1-4-14-13(3,12(16)17)9-6-10-15(5-2)11-7-8-11/h11,14H,4-10H2,1-3H3,(H,16,17). The SMILES string of the molecule is CCNC(C)(CCCN(CC)C1CC1)C(=O)O. The molecule has 0 aromatic rings. The van der Waals surface area contributed by atoms with Crippen molar-refractivity contribution in [2.24, 2.45) is 0 Å². The number of carbonyl (C=O) groups is 1. The van der Waals surface area contributed by atoms with Crippen molar-refractivity contribution in [2.75, 3.05) is 19.6 Å². The van der Waals surface area contributed by atoms with E-state index in [4.69, 9.17) is 0 Å². The zero-order valence-corrected chi connectivity index (χ0v) is 11.3. The van der Waals surface area contributed by atoms with Gasteiger partial charge in [0.05, 0.1) is 0 Å². The molecule has 0 radical (unpaired) electrons. The lowest BCUT2D eigenvalue weighted by Gasteiger charge is -2.27. The van der Waals surface area contributed by atoms with Crippen LogP contribution in [0.1, 0.15) is 46.5 Å². The second kappa shape index (κ2) is 6.36. The van der Waals surface area contributed by atoms with Crippen LogP contribution in [-0.4, -0.2) is 47.2 Å². The Labute approximate surface area is 104 Å². The molecule has 0 amide bonds. The van der Waals surface area contributed by atoms with Crippen LogP contribution in [-0.2, 0) is 4.79 Å². The van der Waals surface area contributed by atoms with E-state index in [0.29, 0.717) is 13.0 Å². The molecule has 4 heteroatoms. The maximum absolute atomic E-state index is 11.2. The van der Waals surface area contributed by atoms with Crippen molar-refractivity contribution in [2.45, 2.75) is 58.0 Å². The second-order valence-corrected chi connectivity index (χ2v) is 5.13. The van der Waals surface area contributed by atoms with Crippen molar-refractivity contribution in [1.29, 1.82) is 0 Å². The van der Waals surface area contributed by atoms with E-state index in [1.807, 2.05) is 6.92 Å². The molecule has 0 heterocycles. The minimum atomic E-state index is -0.766. The van der Waals surface area contributed by atoms with Crippen LogP contribution in [0.5, 0.6) is 0 Å². The predicted octanol–water partition coefficient (Wildman–Crippen LogP) is 1.70. The summed E-state index contributed by atoms with van der Waals surface area (Å²) in [6.07, 6.45) is 4.27. The zero-order valence-electron chi connectivity index (χ0n) is 11.3. The van der Waals surface area contributed by atoms with Gasteiger partial charge in [0.1, 0.15) is 5.54 Å². The van der Waals surface area contributed by atoms with E-state index >= 15 is 0 Å². The molecule has 0 aliphatic heterocycles. The Balaban J connectivity index is 2.33. The summed E-state index contributed by atoms with van der Waals surface area (Å²) in [5.74, 6) is -0.742. The first-order valence-electron chi connectivity index (χ1n) is 6.76. The Hall–Kier alpha value is -0.610. The topological polar surface area (TPSA) is 52.6 Å². The van der Waals surface area contributed by atoms with E-state index in [-0.39, 0.29) is 0 Å². The molecule has 1 fully saturated rings. The van der Waals surface area contributed by atoms with Gasteiger partial charge in [-0.2, -0.15) is 0 Å². The van der Waals surface area contributed by atoms with Gasteiger partial charge in [0.25, 0.3) is 0 Å². The highest BCUT2D eigenvalue weighted by Crippen LogP contribution is 2.27. The third-order valence-electron chi connectivity index (χ3n) is 3.63. The Morgan fingerprint density at radius 2 is 2.12 bits per heavy atom. The van der Waals surface area contributed by atoms with Crippen molar-refractivity contribution < 1.29 is 9.90 Å². The Kier molecular flexibility index (Phi) is 5.40. The fourth-order valence-electron chi connectivity index (χ4n) is 2.34. The molecule has 1 rings (SSSR count). The molecular formula is C13H26N2O2. The molecule has 1 aliphatic carbocycles. The monoisotopic (exact) mass is 242 g/mol. The van der Waals surface area contributed by atoms with Crippen LogP contribution in [0.15, 0.2) is 0 Å². The number of carboxylic acids is 1. The molecule has 100 valence electrons. The highest BCUT2D eigenvalue weighted by molar-refractivity contribution is 5.78.